The minimum Gasteiger partial charge on any atom is -0.274 e. The van der Waals surface area contributed by atoms with Crippen molar-refractivity contribution in [1.82, 2.24) is 4.98 Å². The monoisotopic (exact) mass is 322 g/mol. The van der Waals surface area contributed by atoms with Crippen molar-refractivity contribution < 1.29 is 9.59 Å². The van der Waals surface area contributed by atoms with Crippen molar-refractivity contribution >= 4 is 33.6 Å². The summed E-state index contributed by atoms with van der Waals surface area (Å²) < 4.78 is 0.880. The van der Waals surface area contributed by atoms with Crippen molar-refractivity contribution in [1.29, 1.82) is 0 Å². The number of rotatable bonds is 1. The number of amides is 2. The van der Waals surface area contributed by atoms with Crippen LogP contribution in [0.3, 0.4) is 0 Å². The van der Waals surface area contributed by atoms with E-state index in [1.54, 1.807) is 12.3 Å². The second-order valence-electron chi connectivity index (χ2n) is 5.49. The zero-order chi connectivity index (χ0) is 13.6. The van der Waals surface area contributed by atoms with E-state index >= 15 is 0 Å². The van der Waals surface area contributed by atoms with Gasteiger partial charge in [-0.1, -0.05) is 12.8 Å². The third-order valence-electron chi connectivity index (χ3n) is 4.22. The van der Waals surface area contributed by atoms with Gasteiger partial charge in [0.15, 0.2) is 0 Å². The van der Waals surface area contributed by atoms with Gasteiger partial charge in [0.05, 0.1) is 5.41 Å². The Labute approximate surface area is 120 Å². The molecule has 4 nitrogen and oxygen atoms in total. The van der Waals surface area contributed by atoms with Crippen LogP contribution in [0.5, 0.6) is 0 Å². The minimum atomic E-state index is -0.431. The molecule has 0 N–H and O–H groups in total. The van der Waals surface area contributed by atoms with Gasteiger partial charge in [0.1, 0.15) is 5.82 Å². The molecule has 1 saturated carbocycles. The van der Waals surface area contributed by atoms with Gasteiger partial charge in [0, 0.05) is 17.1 Å². The summed E-state index contributed by atoms with van der Waals surface area (Å²) in [5.74, 6) is 0.296. The average molecular weight is 323 g/mol. The van der Waals surface area contributed by atoms with E-state index in [2.05, 4.69) is 20.9 Å². The summed E-state index contributed by atoms with van der Waals surface area (Å²) in [7, 11) is 0. The third-order valence-corrected chi connectivity index (χ3v) is 5.05. The Hall–Kier alpha value is -1.23. The first kappa shape index (κ1) is 12.8. The fraction of sp³-hybridized carbons (Fsp3) is 0.500. The highest BCUT2D eigenvalue weighted by Gasteiger charge is 2.53. The molecule has 2 heterocycles. The first-order valence-corrected chi connectivity index (χ1v) is 7.32. The highest BCUT2D eigenvalue weighted by Crippen LogP contribution is 2.47. The summed E-state index contributed by atoms with van der Waals surface area (Å²) in [6, 6.07) is 1.79. The van der Waals surface area contributed by atoms with E-state index in [1.807, 2.05) is 6.92 Å². The van der Waals surface area contributed by atoms with Gasteiger partial charge >= 0.3 is 0 Å². The maximum atomic E-state index is 12.6. The molecular formula is C14H15BrN2O2. The molecule has 1 saturated heterocycles. The number of aryl methyl sites for hydroxylation is 1. The lowest BCUT2D eigenvalue weighted by molar-refractivity contribution is -0.125. The molecule has 0 bridgehead atoms. The largest absolute Gasteiger partial charge is 0.274 e. The van der Waals surface area contributed by atoms with Crippen LogP contribution in [-0.2, 0) is 9.59 Å². The standard InChI is InChI=1S/C14H15BrN2O2/c1-9-6-11(16-8-10(9)15)17-12(18)7-14(13(17)19)4-2-3-5-14/h6,8H,2-5,7H2,1H3. The van der Waals surface area contributed by atoms with Crippen molar-refractivity contribution in [2.75, 3.05) is 4.90 Å². The summed E-state index contributed by atoms with van der Waals surface area (Å²) in [4.78, 5) is 30.3. The van der Waals surface area contributed by atoms with E-state index in [0.29, 0.717) is 12.2 Å². The molecular weight excluding hydrogens is 308 g/mol. The summed E-state index contributed by atoms with van der Waals surface area (Å²) in [5, 5.41) is 0. The Kier molecular flexibility index (Phi) is 2.96. The first-order chi connectivity index (χ1) is 9.03. The Bertz CT molecular complexity index is 565. The Morgan fingerprint density at radius 3 is 2.63 bits per heavy atom. The number of anilines is 1. The third kappa shape index (κ3) is 1.91. The number of carbonyl (C=O) groups excluding carboxylic acids is 2. The zero-order valence-electron chi connectivity index (χ0n) is 10.8. The summed E-state index contributed by atoms with van der Waals surface area (Å²) in [5.41, 5.74) is 0.540. The number of imide groups is 1. The summed E-state index contributed by atoms with van der Waals surface area (Å²) in [6.45, 7) is 1.92. The smallest absolute Gasteiger partial charge is 0.241 e. The van der Waals surface area contributed by atoms with Gasteiger partial charge in [-0.15, -0.1) is 0 Å². The lowest BCUT2D eigenvalue weighted by Crippen LogP contribution is -2.35. The molecule has 2 aliphatic rings. The van der Waals surface area contributed by atoms with Crippen LogP contribution in [0.2, 0.25) is 0 Å². The SMILES string of the molecule is Cc1cc(N2C(=O)CC3(CCCC3)C2=O)ncc1Br. The fourth-order valence-corrected chi connectivity index (χ4v) is 3.33. The zero-order valence-corrected chi connectivity index (χ0v) is 12.4. The molecule has 1 spiro atoms. The molecule has 100 valence electrons. The molecule has 0 aromatic carbocycles. The van der Waals surface area contributed by atoms with E-state index in [4.69, 9.17) is 0 Å². The molecule has 5 heteroatoms. The molecule has 3 rings (SSSR count). The molecule has 19 heavy (non-hydrogen) atoms. The van der Waals surface area contributed by atoms with Crippen molar-refractivity contribution in [3.05, 3.63) is 22.3 Å². The average Bonchev–Trinajstić information content (AvgIpc) is 2.91. The van der Waals surface area contributed by atoms with E-state index in [1.165, 1.54) is 4.90 Å². The van der Waals surface area contributed by atoms with Gasteiger partial charge < -0.3 is 0 Å². The highest BCUT2D eigenvalue weighted by atomic mass is 79.9. The van der Waals surface area contributed by atoms with Gasteiger partial charge in [-0.3, -0.25) is 9.59 Å². The second kappa shape index (κ2) is 4.40. The second-order valence-corrected chi connectivity index (χ2v) is 6.34. The maximum Gasteiger partial charge on any atom is 0.241 e. The number of nitrogens with zero attached hydrogens (tertiary/aromatic N) is 2. The Morgan fingerprint density at radius 1 is 1.32 bits per heavy atom. The quantitative estimate of drug-likeness (QED) is 0.747. The molecule has 1 aliphatic carbocycles. The van der Waals surface area contributed by atoms with Crippen LogP contribution < -0.4 is 4.90 Å². The number of pyridine rings is 1. The molecule has 0 radical (unpaired) electrons. The topological polar surface area (TPSA) is 50.3 Å². The molecule has 1 aliphatic heterocycles. The van der Waals surface area contributed by atoms with E-state index in [-0.39, 0.29) is 11.8 Å². The number of carbonyl (C=O) groups is 2. The predicted molar refractivity (Wildman–Crippen MR) is 74.7 cm³/mol. The molecule has 2 amide bonds. The summed E-state index contributed by atoms with van der Waals surface area (Å²) in [6.07, 6.45) is 5.75. The first-order valence-electron chi connectivity index (χ1n) is 6.53. The van der Waals surface area contributed by atoms with Crippen LogP contribution >= 0.6 is 15.9 Å². The maximum absolute atomic E-state index is 12.6. The highest BCUT2D eigenvalue weighted by molar-refractivity contribution is 9.10. The van der Waals surface area contributed by atoms with E-state index < -0.39 is 5.41 Å². The molecule has 0 atom stereocenters. The van der Waals surface area contributed by atoms with Crippen molar-refractivity contribution in [2.45, 2.75) is 39.0 Å². The number of halogens is 1. The van der Waals surface area contributed by atoms with Gasteiger partial charge in [-0.05, 0) is 47.3 Å². The lowest BCUT2D eigenvalue weighted by atomic mass is 9.84. The van der Waals surface area contributed by atoms with Gasteiger partial charge in [0.25, 0.3) is 0 Å². The van der Waals surface area contributed by atoms with Crippen LogP contribution in [0.1, 0.15) is 37.7 Å². The lowest BCUT2D eigenvalue weighted by Gasteiger charge is -2.20. The van der Waals surface area contributed by atoms with Crippen LogP contribution in [0.25, 0.3) is 0 Å². The Morgan fingerprint density at radius 2 is 2.00 bits per heavy atom. The van der Waals surface area contributed by atoms with Crippen molar-refractivity contribution in [2.24, 2.45) is 5.41 Å². The fourth-order valence-electron chi connectivity index (χ4n) is 3.12. The minimum absolute atomic E-state index is 0.0516. The molecule has 1 aromatic rings. The van der Waals surface area contributed by atoms with Crippen molar-refractivity contribution in [3.63, 3.8) is 0 Å². The van der Waals surface area contributed by atoms with Crippen LogP contribution in [-0.4, -0.2) is 16.8 Å². The van der Waals surface area contributed by atoms with Crippen molar-refractivity contribution in [3.8, 4) is 0 Å². The van der Waals surface area contributed by atoms with Gasteiger partial charge in [-0.25, -0.2) is 9.88 Å². The Balaban J connectivity index is 1.98. The number of aromatic nitrogens is 1. The molecule has 1 aromatic heterocycles. The number of hydrogen-bond donors (Lipinski definition) is 0. The van der Waals surface area contributed by atoms with E-state index in [9.17, 15) is 9.59 Å². The normalized spacial score (nSPS) is 21.7. The van der Waals surface area contributed by atoms with Crippen LogP contribution in [0.15, 0.2) is 16.7 Å². The van der Waals surface area contributed by atoms with Crippen LogP contribution in [0, 0.1) is 12.3 Å². The van der Waals surface area contributed by atoms with E-state index in [0.717, 1.165) is 35.7 Å². The summed E-state index contributed by atoms with van der Waals surface area (Å²) >= 11 is 3.38. The number of hydrogen-bond acceptors (Lipinski definition) is 3. The predicted octanol–water partition coefficient (Wildman–Crippen LogP) is 2.98. The van der Waals surface area contributed by atoms with Crippen LogP contribution in [0.4, 0.5) is 5.82 Å². The molecule has 0 unspecified atom stereocenters. The van der Waals surface area contributed by atoms with Gasteiger partial charge in [0.2, 0.25) is 11.8 Å². The van der Waals surface area contributed by atoms with Gasteiger partial charge in [-0.2, -0.15) is 0 Å². The molecule has 2 fully saturated rings.